The number of para-hydroxylation sites is 1. The Bertz CT molecular complexity index is 876. The van der Waals surface area contributed by atoms with Gasteiger partial charge in [0.1, 0.15) is 17.3 Å². The number of hydrogen-bond donors (Lipinski definition) is 1. The van der Waals surface area contributed by atoms with E-state index in [-0.39, 0.29) is 6.10 Å². The highest BCUT2D eigenvalue weighted by atomic mass is 16.7. The van der Waals surface area contributed by atoms with E-state index in [0.717, 1.165) is 35.0 Å². The van der Waals surface area contributed by atoms with Crippen molar-refractivity contribution in [2.24, 2.45) is 0 Å². The normalized spacial score (nSPS) is 22.1. The summed E-state index contributed by atoms with van der Waals surface area (Å²) in [7, 11) is 0. The summed E-state index contributed by atoms with van der Waals surface area (Å²) in [5.74, 6) is 1.66. The molecule has 0 radical (unpaired) electrons. The summed E-state index contributed by atoms with van der Waals surface area (Å²) >= 11 is 0. The number of aromatic amines is 1. The first kappa shape index (κ1) is 17.8. The third-order valence-corrected chi connectivity index (χ3v) is 4.76. The van der Waals surface area contributed by atoms with Crippen LogP contribution in [0, 0.1) is 6.92 Å². The lowest BCUT2D eigenvalue weighted by Crippen LogP contribution is -2.31. The molecule has 5 heteroatoms. The highest BCUT2D eigenvalue weighted by Gasteiger charge is 2.43. The van der Waals surface area contributed by atoms with Gasteiger partial charge in [-0.1, -0.05) is 25.1 Å². The van der Waals surface area contributed by atoms with Gasteiger partial charge >= 0.3 is 0 Å². The molecule has 1 aliphatic rings. The van der Waals surface area contributed by atoms with Gasteiger partial charge in [0.15, 0.2) is 0 Å². The minimum absolute atomic E-state index is 0.0882. The molecule has 2 atom stereocenters. The Hall–Kier alpha value is -2.63. The Morgan fingerprint density at radius 3 is 2.48 bits per heavy atom. The van der Waals surface area contributed by atoms with Crippen LogP contribution in [0.3, 0.4) is 0 Å². The molecule has 2 aromatic carbocycles. The quantitative estimate of drug-likeness (QED) is 0.687. The topological polar surface area (TPSA) is 56.4 Å². The molecule has 0 spiro atoms. The van der Waals surface area contributed by atoms with E-state index in [1.165, 1.54) is 0 Å². The molecule has 0 aliphatic carbocycles. The molecular formula is C22H24N2O3. The van der Waals surface area contributed by atoms with E-state index in [4.69, 9.17) is 14.2 Å². The van der Waals surface area contributed by atoms with Gasteiger partial charge in [0.05, 0.1) is 24.8 Å². The second kappa shape index (κ2) is 7.55. The first-order valence-electron chi connectivity index (χ1n) is 9.33. The number of rotatable bonds is 6. The fourth-order valence-electron chi connectivity index (χ4n) is 3.31. The summed E-state index contributed by atoms with van der Waals surface area (Å²) in [6, 6.07) is 17.7. The van der Waals surface area contributed by atoms with Crippen LogP contribution in [0.4, 0.5) is 0 Å². The lowest BCUT2D eigenvalue weighted by molar-refractivity contribution is -0.176. The average molecular weight is 364 g/mol. The van der Waals surface area contributed by atoms with Crippen molar-refractivity contribution in [3.05, 3.63) is 77.9 Å². The van der Waals surface area contributed by atoms with Crippen LogP contribution in [0.25, 0.3) is 0 Å². The molecule has 1 saturated heterocycles. The number of hydrogen-bond acceptors (Lipinski definition) is 4. The zero-order chi connectivity index (χ0) is 18.7. The fourth-order valence-corrected chi connectivity index (χ4v) is 3.31. The molecule has 140 valence electrons. The molecule has 1 aromatic heterocycles. The second-order valence-corrected chi connectivity index (χ2v) is 6.81. The summed E-state index contributed by atoms with van der Waals surface area (Å²) in [6.45, 7) is 4.64. The maximum Gasteiger partial charge on any atom is 0.201 e. The van der Waals surface area contributed by atoms with Crippen molar-refractivity contribution in [2.75, 3.05) is 6.61 Å². The molecular weight excluding hydrogens is 340 g/mol. The summed E-state index contributed by atoms with van der Waals surface area (Å²) < 4.78 is 18.4. The van der Waals surface area contributed by atoms with Crippen LogP contribution in [0.5, 0.6) is 11.5 Å². The summed E-state index contributed by atoms with van der Waals surface area (Å²) in [4.78, 5) is 7.66. The Morgan fingerprint density at radius 2 is 1.85 bits per heavy atom. The van der Waals surface area contributed by atoms with E-state index in [2.05, 4.69) is 16.9 Å². The standard InChI is InChI=1S/C22H24N2O3/c1-3-19-15-25-22(27-19,13-18-14-23-16(2)24-18)17-9-11-21(12-10-17)26-20-7-5-4-6-8-20/h4-12,14,19H,3,13,15H2,1-2H3,(H,23,24). The van der Waals surface area contributed by atoms with Gasteiger partial charge in [-0.2, -0.15) is 0 Å². The lowest BCUT2D eigenvalue weighted by atomic mass is 10.0. The molecule has 1 fully saturated rings. The minimum atomic E-state index is -0.812. The number of aryl methyl sites for hydroxylation is 1. The molecule has 3 aromatic rings. The molecule has 5 nitrogen and oxygen atoms in total. The van der Waals surface area contributed by atoms with Gasteiger partial charge in [-0.3, -0.25) is 0 Å². The minimum Gasteiger partial charge on any atom is -0.457 e. The molecule has 0 amide bonds. The zero-order valence-corrected chi connectivity index (χ0v) is 15.6. The average Bonchev–Trinajstić information content (AvgIpc) is 3.30. The van der Waals surface area contributed by atoms with E-state index in [9.17, 15) is 0 Å². The van der Waals surface area contributed by atoms with Crippen LogP contribution in [0.15, 0.2) is 60.8 Å². The predicted octanol–water partition coefficient (Wildman–Crippen LogP) is 4.73. The van der Waals surface area contributed by atoms with Crippen LogP contribution >= 0.6 is 0 Å². The van der Waals surface area contributed by atoms with Crippen LogP contribution in [-0.2, 0) is 21.7 Å². The highest BCUT2D eigenvalue weighted by molar-refractivity contribution is 5.35. The van der Waals surface area contributed by atoms with Gasteiger partial charge in [0.2, 0.25) is 5.79 Å². The van der Waals surface area contributed by atoms with Gasteiger partial charge < -0.3 is 19.2 Å². The SMILES string of the molecule is CCC1COC(Cc2c[nH]c(C)n2)(c2ccc(Oc3ccccc3)cc2)O1. The van der Waals surface area contributed by atoms with Crippen molar-refractivity contribution in [1.29, 1.82) is 0 Å². The van der Waals surface area contributed by atoms with Crippen molar-refractivity contribution >= 4 is 0 Å². The van der Waals surface area contributed by atoms with Crippen molar-refractivity contribution < 1.29 is 14.2 Å². The number of nitrogens with one attached hydrogen (secondary N) is 1. The fraction of sp³-hybridized carbons (Fsp3) is 0.318. The van der Waals surface area contributed by atoms with E-state index < -0.39 is 5.79 Å². The maximum absolute atomic E-state index is 6.34. The first-order chi connectivity index (χ1) is 13.2. The number of benzene rings is 2. The number of nitrogens with zero attached hydrogens (tertiary/aromatic N) is 1. The summed E-state index contributed by atoms with van der Waals surface area (Å²) in [5, 5.41) is 0. The Kier molecular flexibility index (Phi) is 4.97. The molecule has 1 aliphatic heterocycles. The van der Waals surface area contributed by atoms with Gasteiger partial charge in [-0.25, -0.2) is 4.98 Å². The van der Waals surface area contributed by atoms with Crippen LogP contribution in [-0.4, -0.2) is 22.7 Å². The molecule has 0 bridgehead atoms. The number of H-pyrrole nitrogens is 1. The van der Waals surface area contributed by atoms with E-state index in [1.54, 1.807) is 0 Å². The molecule has 2 heterocycles. The van der Waals surface area contributed by atoms with Crippen molar-refractivity contribution in [3.63, 3.8) is 0 Å². The highest BCUT2D eigenvalue weighted by Crippen LogP contribution is 2.39. The maximum atomic E-state index is 6.34. The summed E-state index contributed by atoms with van der Waals surface area (Å²) in [6.07, 6.45) is 3.48. The van der Waals surface area contributed by atoms with Crippen molar-refractivity contribution in [1.82, 2.24) is 9.97 Å². The van der Waals surface area contributed by atoms with Gasteiger partial charge in [0.25, 0.3) is 0 Å². The molecule has 0 saturated carbocycles. The van der Waals surface area contributed by atoms with Crippen LogP contribution < -0.4 is 4.74 Å². The second-order valence-electron chi connectivity index (χ2n) is 6.81. The number of imidazole rings is 1. The molecule has 1 N–H and O–H groups in total. The third kappa shape index (κ3) is 3.89. The predicted molar refractivity (Wildman–Crippen MR) is 103 cm³/mol. The van der Waals surface area contributed by atoms with E-state index in [0.29, 0.717) is 13.0 Å². The van der Waals surface area contributed by atoms with Gasteiger partial charge in [0, 0.05) is 11.8 Å². The van der Waals surface area contributed by atoms with Gasteiger partial charge in [-0.05, 0) is 49.7 Å². The van der Waals surface area contributed by atoms with Gasteiger partial charge in [-0.15, -0.1) is 0 Å². The van der Waals surface area contributed by atoms with Crippen molar-refractivity contribution in [2.45, 2.75) is 38.6 Å². The first-order valence-corrected chi connectivity index (χ1v) is 9.33. The monoisotopic (exact) mass is 364 g/mol. The Balaban J connectivity index is 1.58. The Morgan fingerprint density at radius 1 is 1.11 bits per heavy atom. The molecule has 4 rings (SSSR count). The van der Waals surface area contributed by atoms with Crippen LogP contribution in [0.1, 0.15) is 30.4 Å². The summed E-state index contributed by atoms with van der Waals surface area (Å²) in [5.41, 5.74) is 1.90. The van der Waals surface area contributed by atoms with Crippen LogP contribution in [0.2, 0.25) is 0 Å². The molecule has 2 unspecified atom stereocenters. The largest absolute Gasteiger partial charge is 0.457 e. The molecule has 27 heavy (non-hydrogen) atoms. The lowest BCUT2D eigenvalue weighted by Gasteiger charge is -2.28. The number of ether oxygens (including phenoxy) is 3. The van der Waals surface area contributed by atoms with E-state index in [1.807, 2.05) is 67.7 Å². The van der Waals surface area contributed by atoms with Crippen molar-refractivity contribution in [3.8, 4) is 11.5 Å². The third-order valence-electron chi connectivity index (χ3n) is 4.76. The zero-order valence-electron chi connectivity index (χ0n) is 15.6. The Labute approximate surface area is 159 Å². The number of aromatic nitrogens is 2. The van der Waals surface area contributed by atoms with E-state index >= 15 is 0 Å². The smallest absolute Gasteiger partial charge is 0.201 e.